The molecule has 3 saturated heterocycles. The van der Waals surface area contributed by atoms with E-state index in [1.807, 2.05) is 10.8 Å². The summed E-state index contributed by atoms with van der Waals surface area (Å²) in [5.41, 5.74) is 1.32. The Kier molecular flexibility index (Phi) is 8.49. The van der Waals surface area contributed by atoms with Crippen LogP contribution in [0.2, 0.25) is 0 Å². The van der Waals surface area contributed by atoms with Crippen LogP contribution >= 0.6 is 30.8 Å². The number of cyclic esters (lactones) is 1. The lowest BCUT2D eigenvalue weighted by Crippen LogP contribution is -2.37. The molecular formula is C27H30N7O11PS2. The third kappa shape index (κ3) is 5.71. The van der Waals surface area contributed by atoms with Crippen LogP contribution in [-0.2, 0) is 45.5 Å². The number of imidazole rings is 1. The lowest BCUT2D eigenvalue weighted by atomic mass is 10.1. The Morgan fingerprint density at radius 3 is 2.77 bits per heavy atom. The molecule has 8 heterocycles. The van der Waals surface area contributed by atoms with Gasteiger partial charge in [0.05, 0.1) is 31.5 Å². The summed E-state index contributed by atoms with van der Waals surface area (Å²) in [7, 11) is 0. The van der Waals surface area contributed by atoms with Crippen LogP contribution in [-0.4, -0.2) is 106 Å². The number of thioether (sulfide) groups is 1. The average molecular weight is 724 g/mol. The third-order valence-corrected chi connectivity index (χ3v) is 11.4. The minimum Gasteiger partial charge on any atom is -0.431 e. The highest BCUT2D eigenvalue weighted by Gasteiger charge is 2.50. The maximum Gasteiger partial charge on any atom is 0.508 e. The van der Waals surface area contributed by atoms with Gasteiger partial charge in [0, 0.05) is 12.6 Å². The van der Waals surface area contributed by atoms with E-state index >= 15 is 0 Å². The minimum absolute atomic E-state index is 0.0138. The molecule has 4 aliphatic heterocycles. The van der Waals surface area contributed by atoms with Crippen LogP contribution in [0.5, 0.6) is 0 Å². The summed E-state index contributed by atoms with van der Waals surface area (Å²) in [6, 6.07) is 0. The molecule has 2 N–H and O–H groups in total. The number of rotatable bonds is 4. The fourth-order valence-electron chi connectivity index (χ4n) is 6.48. The van der Waals surface area contributed by atoms with Crippen LogP contribution in [0.25, 0.3) is 22.2 Å². The maximum atomic E-state index is 13.5. The van der Waals surface area contributed by atoms with Gasteiger partial charge in [-0.05, 0) is 24.2 Å². The van der Waals surface area contributed by atoms with Crippen molar-refractivity contribution in [3.05, 3.63) is 41.1 Å². The molecule has 8 rings (SSSR count). The average Bonchev–Trinajstić information content (AvgIpc) is 3.80. The van der Waals surface area contributed by atoms with E-state index in [1.165, 1.54) is 28.1 Å². The molecule has 18 nitrogen and oxygen atoms in total. The van der Waals surface area contributed by atoms with Gasteiger partial charge in [-0.2, -0.15) is 0 Å². The number of aryl methyl sites for hydroxylation is 1. The molecule has 21 heteroatoms. The van der Waals surface area contributed by atoms with Crippen molar-refractivity contribution in [2.45, 2.75) is 73.8 Å². The van der Waals surface area contributed by atoms with Crippen molar-refractivity contribution in [2.24, 2.45) is 0 Å². The van der Waals surface area contributed by atoms with Crippen LogP contribution in [0.3, 0.4) is 0 Å². The Balaban J connectivity index is 1.06. The SMILES string of the molecule is O=C1OC[C@H]2O[C@@H](n3cc4c5c(ncnc53)SCCC4)C[C@@H]2OP(=O)(S)OC[C@H]2O[C@@H](n3cnc4c(=O)n(CCO)cnc43)[C@H](O1)[C@@H]2O. The van der Waals surface area contributed by atoms with Gasteiger partial charge >= 0.3 is 13.0 Å². The number of carbonyl (C=O) groups excluding carboxylic acids is 1. The number of aliphatic hydroxyl groups is 2. The molecule has 256 valence electrons. The largest absolute Gasteiger partial charge is 0.508 e. The van der Waals surface area contributed by atoms with Crippen LogP contribution in [0, 0.1) is 0 Å². The number of thiol groups is 1. The second kappa shape index (κ2) is 12.7. The van der Waals surface area contributed by atoms with Gasteiger partial charge in [-0.25, -0.2) is 29.3 Å². The van der Waals surface area contributed by atoms with E-state index in [4.69, 9.17) is 28.0 Å². The number of aliphatic hydroxyl groups excluding tert-OH is 2. The first kappa shape index (κ1) is 32.2. The topological polar surface area (TPSA) is 213 Å². The van der Waals surface area contributed by atoms with E-state index in [-0.39, 0.29) is 37.3 Å². The Hall–Kier alpha value is -3.07. The smallest absolute Gasteiger partial charge is 0.431 e. The van der Waals surface area contributed by atoms with E-state index in [1.54, 1.807) is 11.8 Å². The molecule has 0 spiro atoms. The van der Waals surface area contributed by atoms with Crippen molar-refractivity contribution in [1.29, 1.82) is 0 Å². The van der Waals surface area contributed by atoms with Gasteiger partial charge < -0.3 is 33.7 Å². The molecule has 1 unspecified atom stereocenters. The Morgan fingerprint density at radius 1 is 1.04 bits per heavy atom. The fourth-order valence-corrected chi connectivity index (χ4v) is 8.98. The number of aromatic nitrogens is 7. The van der Waals surface area contributed by atoms with Gasteiger partial charge in [0.1, 0.15) is 60.6 Å². The first-order chi connectivity index (χ1) is 23.2. The molecule has 4 aromatic rings. The summed E-state index contributed by atoms with van der Waals surface area (Å²) in [5.74, 6) is 0.955. The van der Waals surface area contributed by atoms with E-state index in [0.29, 0.717) is 5.65 Å². The highest BCUT2D eigenvalue weighted by Crippen LogP contribution is 2.57. The van der Waals surface area contributed by atoms with Crippen molar-refractivity contribution >= 4 is 59.2 Å². The molecule has 0 aliphatic carbocycles. The van der Waals surface area contributed by atoms with Crippen LogP contribution in [0.1, 0.15) is 30.9 Å². The summed E-state index contributed by atoms with van der Waals surface area (Å²) < 4.78 is 52.8. The van der Waals surface area contributed by atoms with E-state index < -0.39 is 68.1 Å². The fraction of sp³-hybridized carbons (Fsp3) is 0.556. The Labute approximate surface area is 280 Å². The number of nitrogens with zero attached hydrogens (tertiary/aromatic N) is 7. The number of hydrogen-bond donors (Lipinski definition) is 3. The van der Waals surface area contributed by atoms with Crippen molar-refractivity contribution in [1.82, 2.24) is 33.6 Å². The molecule has 8 atom stereocenters. The van der Waals surface area contributed by atoms with Gasteiger partial charge in [0.2, 0.25) is 0 Å². The summed E-state index contributed by atoms with van der Waals surface area (Å²) in [4.78, 5) is 43.3. The molecule has 48 heavy (non-hydrogen) atoms. The van der Waals surface area contributed by atoms with Crippen molar-refractivity contribution < 1.29 is 47.6 Å². The van der Waals surface area contributed by atoms with Gasteiger partial charge in [0.15, 0.2) is 23.5 Å². The molecule has 2 bridgehead atoms. The highest BCUT2D eigenvalue weighted by molar-refractivity contribution is 8.44. The van der Waals surface area contributed by atoms with Gasteiger partial charge in [-0.1, -0.05) is 12.2 Å². The zero-order chi connectivity index (χ0) is 33.2. The van der Waals surface area contributed by atoms with Gasteiger partial charge in [-0.15, -0.1) is 11.8 Å². The lowest BCUT2D eigenvalue weighted by molar-refractivity contribution is -0.0828. The van der Waals surface area contributed by atoms with Crippen molar-refractivity contribution in [3.8, 4) is 0 Å². The molecule has 0 radical (unpaired) electrons. The molecule has 4 aliphatic rings. The van der Waals surface area contributed by atoms with Crippen LogP contribution in [0.15, 0.2) is 35.0 Å². The first-order valence-corrected chi connectivity index (χ1v) is 18.9. The number of ether oxygens (including phenoxy) is 4. The predicted molar refractivity (Wildman–Crippen MR) is 168 cm³/mol. The highest BCUT2D eigenvalue weighted by atomic mass is 32.7. The third-order valence-electron chi connectivity index (χ3n) is 8.72. The van der Waals surface area contributed by atoms with Gasteiger partial charge in [0.25, 0.3) is 5.56 Å². The molecule has 0 saturated carbocycles. The van der Waals surface area contributed by atoms with E-state index in [0.717, 1.165) is 34.6 Å². The first-order valence-electron chi connectivity index (χ1n) is 15.2. The zero-order valence-electron chi connectivity index (χ0n) is 25.0. The summed E-state index contributed by atoms with van der Waals surface area (Å²) in [6.07, 6.45) is -0.770. The lowest BCUT2D eigenvalue weighted by Gasteiger charge is -2.23. The second-order valence-electron chi connectivity index (χ2n) is 11.7. The summed E-state index contributed by atoms with van der Waals surface area (Å²) >= 11 is 5.87. The monoisotopic (exact) mass is 723 g/mol. The zero-order valence-corrected chi connectivity index (χ0v) is 27.6. The number of carbonyl (C=O) groups is 1. The molecular weight excluding hydrogens is 693 g/mol. The number of hydrogen-bond acceptors (Lipinski definition) is 16. The Bertz CT molecular complexity index is 1990. The molecule has 0 aromatic carbocycles. The normalized spacial score (nSPS) is 32.6. The second-order valence-corrected chi connectivity index (χ2v) is 15.6. The van der Waals surface area contributed by atoms with Crippen molar-refractivity contribution in [2.75, 3.05) is 25.6 Å². The van der Waals surface area contributed by atoms with Crippen LogP contribution in [0.4, 0.5) is 4.79 Å². The van der Waals surface area contributed by atoms with Crippen molar-refractivity contribution in [3.63, 3.8) is 0 Å². The van der Waals surface area contributed by atoms with E-state index in [9.17, 15) is 24.4 Å². The van der Waals surface area contributed by atoms with Gasteiger partial charge in [-0.3, -0.25) is 23.0 Å². The predicted octanol–water partition coefficient (Wildman–Crippen LogP) is 1.59. The van der Waals surface area contributed by atoms with E-state index in [2.05, 4.69) is 32.2 Å². The summed E-state index contributed by atoms with van der Waals surface area (Å²) in [6.45, 7) is -5.17. The van der Waals surface area contributed by atoms with Crippen LogP contribution < -0.4 is 5.56 Å². The quantitative estimate of drug-likeness (QED) is 0.118. The molecule has 3 fully saturated rings. The Morgan fingerprint density at radius 2 is 1.92 bits per heavy atom. The molecule has 0 amide bonds. The maximum absolute atomic E-state index is 13.5. The standard InChI is InChI=1S/C27H30N7O11PS2/c35-4-3-32-11-31-23-19(25(32)37)30-12-34(23)26-21-20(36)16(43-26)9-41-46(39,47)45-14-6-17(42-15(14)8-40-27(38)44-21)33-7-13-2-1-5-48-24-18(13)22(33)28-10-29-24/h7,10-12,14-17,20-21,26,35-36H,1-6,8-9H2,(H,39,47)/t14-,15+,16+,17+,20+,21+,26+,46?/m0/s1. The number of fused-ring (bicyclic) bond motifs is 4. The summed E-state index contributed by atoms with van der Waals surface area (Å²) in [5, 5.41) is 22.3. The minimum atomic E-state index is -4.10. The molecule has 4 aromatic heterocycles.